The van der Waals surface area contributed by atoms with Gasteiger partial charge in [0, 0.05) is 63.4 Å². The summed E-state index contributed by atoms with van der Waals surface area (Å²) >= 11 is 0. The SMILES string of the molecule is Cc1cccc(CN2CC(c3cccnc3)C3(C2)OCCN(Cc2ccncc2)C3=O)c1.O=C(O)C(F)(F)F.O=C(O)C(F)(F)F.O=C(O)C(F)(F)F. The lowest BCUT2D eigenvalue weighted by Gasteiger charge is -2.42. The summed E-state index contributed by atoms with van der Waals surface area (Å²) in [5.41, 5.74) is 3.74. The smallest absolute Gasteiger partial charge is 0.475 e. The molecule has 53 heavy (non-hydrogen) atoms. The molecule has 2 aliphatic heterocycles. The summed E-state index contributed by atoms with van der Waals surface area (Å²) in [5.74, 6) is -8.26. The lowest BCUT2D eigenvalue weighted by atomic mass is 9.83. The number of alkyl halides is 9. The van der Waals surface area contributed by atoms with Crippen LogP contribution in [0.4, 0.5) is 39.5 Å². The molecule has 12 nitrogen and oxygen atoms in total. The zero-order valence-electron chi connectivity index (χ0n) is 27.3. The molecular weight excluding hydrogens is 739 g/mol. The Morgan fingerprint density at radius 3 is 1.81 bits per heavy atom. The second-order valence-corrected chi connectivity index (χ2v) is 11.2. The summed E-state index contributed by atoms with van der Waals surface area (Å²) in [5, 5.41) is 21.4. The molecule has 2 unspecified atom stereocenters. The van der Waals surface area contributed by atoms with Gasteiger partial charge in [-0.1, -0.05) is 35.9 Å². The normalized spacial score (nSPS) is 18.8. The lowest BCUT2D eigenvalue weighted by molar-refractivity contribution is -0.193. The number of rotatable bonds is 5. The Kier molecular flexibility index (Phi) is 15.3. The first-order chi connectivity index (χ1) is 24.5. The molecule has 2 fully saturated rings. The van der Waals surface area contributed by atoms with Gasteiger partial charge in [0.15, 0.2) is 5.60 Å². The van der Waals surface area contributed by atoms with Crippen LogP contribution in [0.5, 0.6) is 0 Å². The Hall–Kier alpha value is -5.31. The number of aromatic nitrogens is 2. The fraction of sp³-hybridized carbons (Fsp3) is 0.375. The predicted molar refractivity (Wildman–Crippen MR) is 163 cm³/mol. The van der Waals surface area contributed by atoms with E-state index in [-0.39, 0.29) is 11.8 Å². The molecule has 0 aliphatic carbocycles. The molecule has 0 saturated carbocycles. The van der Waals surface area contributed by atoms with Gasteiger partial charge < -0.3 is 25.0 Å². The summed E-state index contributed by atoms with van der Waals surface area (Å²) in [6.07, 6.45) is -8.06. The maximum Gasteiger partial charge on any atom is 0.490 e. The Morgan fingerprint density at radius 1 is 0.792 bits per heavy atom. The third kappa shape index (κ3) is 13.6. The molecule has 21 heteroatoms. The van der Waals surface area contributed by atoms with Gasteiger partial charge in [0.2, 0.25) is 0 Å². The number of aliphatic carboxylic acids is 3. The topological polar surface area (TPSA) is 170 Å². The monoisotopic (exact) mass is 770 g/mol. The highest BCUT2D eigenvalue weighted by atomic mass is 19.4. The van der Waals surface area contributed by atoms with Gasteiger partial charge in [0.05, 0.1) is 6.61 Å². The van der Waals surface area contributed by atoms with Gasteiger partial charge in [-0.05, 0) is 41.8 Å². The number of pyridine rings is 2. The number of ether oxygens (including phenoxy) is 1. The highest BCUT2D eigenvalue weighted by Crippen LogP contribution is 2.42. The van der Waals surface area contributed by atoms with Crippen molar-refractivity contribution in [1.29, 1.82) is 0 Å². The number of carbonyl (C=O) groups excluding carboxylic acids is 1. The molecule has 1 spiro atoms. The van der Waals surface area contributed by atoms with Crippen molar-refractivity contribution in [2.24, 2.45) is 0 Å². The van der Waals surface area contributed by atoms with Gasteiger partial charge in [-0.3, -0.25) is 19.7 Å². The maximum absolute atomic E-state index is 13.9. The number of morpholine rings is 1. The lowest BCUT2D eigenvalue weighted by Crippen LogP contribution is -2.59. The van der Waals surface area contributed by atoms with Gasteiger partial charge in [0.25, 0.3) is 5.91 Å². The maximum atomic E-state index is 13.9. The number of carboxylic acid groups (broad SMARTS) is 3. The van der Waals surface area contributed by atoms with Crippen LogP contribution in [0.3, 0.4) is 0 Å². The summed E-state index contributed by atoms with van der Waals surface area (Å²) in [6.45, 7) is 5.94. The third-order valence-corrected chi connectivity index (χ3v) is 7.26. The Balaban J connectivity index is 0.000000379. The average Bonchev–Trinajstić information content (AvgIpc) is 3.42. The van der Waals surface area contributed by atoms with E-state index in [2.05, 4.69) is 52.1 Å². The Bertz CT molecular complexity index is 1620. The minimum Gasteiger partial charge on any atom is -0.475 e. The fourth-order valence-corrected chi connectivity index (χ4v) is 5.05. The highest BCUT2D eigenvalue weighted by molar-refractivity contribution is 5.88. The van der Waals surface area contributed by atoms with Crippen LogP contribution in [0, 0.1) is 6.92 Å². The van der Waals surface area contributed by atoms with Gasteiger partial charge in [-0.15, -0.1) is 0 Å². The Morgan fingerprint density at radius 2 is 1.34 bits per heavy atom. The number of hydrogen-bond donors (Lipinski definition) is 3. The van der Waals surface area contributed by atoms with Crippen LogP contribution < -0.4 is 0 Å². The number of aryl methyl sites for hydroxylation is 1. The van der Waals surface area contributed by atoms with Crippen LogP contribution >= 0.6 is 0 Å². The number of carboxylic acids is 3. The summed E-state index contributed by atoms with van der Waals surface area (Å²) in [7, 11) is 0. The van der Waals surface area contributed by atoms with Crippen molar-refractivity contribution < 1.29 is 78.7 Å². The van der Waals surface area contributed by atoms with Crippen LogP contribution in [0.2, 0.25) is 0 Å². The van der Waals surface area contributed by atoms with Gasteiger partial charge in [-0.2, -0.15) is 39.5 Å². The van der Waals surface area contributed by atoms with E-state index in [1.165, 1.54) is 11.1 Å². The molecule has 3 aromatic rings. The number of benzene rings is 1. The first kappa shape index (κ1) is 43.9. The quantitative estimate of drug-likeness (QED) is 0.296. The van der Waals surface area contributed by atoms with Crippen molar-refractivity contribution in [3.8, 4) is 0 Å². The van der Waals surface area contributed by atoms with Crippen LogP contribution in [0.1, 0.15) is 28.2 Å². The van der Waals surface area contributed by atoms with Crippen LogP contribution in [0.25, 0.3) is 0 Å². The largest absolute Gasteiger partial charge is 0.490 e. The number of likely N-dealkylation sites (tertiary alicyclic amines) is 1. The zero-order valence-corrected chi connectivity index (χ0v) is 27.3. The van der Waals surface area contributed by atoms with Crippen LogP contribution in [0.15, 0.2) is 73.3 Å². The minimum atomic E-state index is -5.08. The van der Waals surface area contributed by atoms with Crippen LogP contribution in [-0.2, 0) is 37.0 Å². The molecule has 2 atom stereocenters. The van der Waals surface area contributed by atoms with Crippen LogP contribution in [-0.4, -0.2) is 109 Å². The second-order valence-electron chi connectivity index (χ2n) is 11.2. The molecule has 3 N–H and O–H groups in total. The van der Waals surface area contributed by atoms with Crippen molar-refractivity contribution in [3.05, 3.63) is 95.6 Å². The molecule has 5 rings (SSSR count). The summed E-state index contributed by atoms with van der Waals surface area (Å²) < 4.78 is 102. The molecule has 2 saturated heterocycles. The molecule has 2 aromatic heterocycles. The van der Waals surface area contributed by atoms with Gasteiger partial charge in [-0.25, -0.2) is 14.4 Å². The zero-order chi connectivity index (χ0) is 40.2. The van der Waals surface area contributed by atoms with Crippen molar-refractivity contribution in [3.63, 3.8) is 0 Å². The van der Waals surface area contributed by atoms with Crippen molar-refractivity contribution in [2.45, 2.75) is 50.1 Å². The van der Waals surface area contributed by atoms with E-state index >= 15 is 0 Å². The molecule has 0 radical (unpaired) electrons. The Labute approximate surface area is 294 Å². The molecule has 2 aliphatic rings. The molecule has 1 aromatic carbocycles. The van der Waals surface area contributed by atoms with E-state index in [0.717, 1.165) is 24.2 Å². The van der Waals surface area contributed by atoms with E-state index in [1.807, 2.05) is 29.3 Å². The first-order valence-corrected chi connectivity index (χ1v) is 14.9. The number of carbonyl (C=O) groups is 4. The molecule has 1 amide bonds. The van der Waals surface area contributed by atoms with E-state index in [9.17, 15) is 44.3 Å². The molecule has 4 heterocycles. The average molecular weight is 771 g/mol. The molecule has 290 valence electrons. The predicted octanol–water partition coefficient (Wildman–Crippen LogP) is 5.08. The minimum absolute atomic E-state index is 0.0613. The number of nitrogens with zero attached hydrogens (tertiary/aromatic N) is 4. The number of amides is 1. The second kappa shape index (κ2) is 18.4. The van der Waals surface area contributed by atoms with Gasteiger partial charge in [0.1, 0.15) is 0 Å². The van der Waals surface area contributed by atoms with E-state index in [1.54, 1.807) is 18.6 Å². The third-order valence-electron chi connectivity index (χ3n) is 7.26. The first-order valence-electron chi connectivity index (χ1n) is 14.9. The number of hydrogen-bond acceptors (Lipinski definition) is 8. The summed E-state index contributed by atoms with van der Waals surface area (Å²) in [4.78, 5) is 53.3. The fourth-order valence-electron chi connectivity index (χ4n) is 5.05. The molecule has 0 bridgehead atoms. The molecular formula is C32H31F9N4O8. The summed E-state index contributed by atoms with van der Waals surface area (Å²) in [6, 6.07) is 16.5. The van der Waals surface area contributed by atoms with Crippen molar-refractivity contribution >= 4 is 23.8 Å². The highest BCUT2D eigenvalue weighted by Gasteiger charge is 2.57. The standard InChI is InChI=1S/C26H28N4O2.3C2HF3O2/c1-20-4-2-5-22(14-20)16-29-18-24(23-6-3-9-28-15-23)26(19-29)25(31)30(12-13-32-26)17-21-7-10-27-11-8-21;3*3-2(4,5)1(6)7/h2-11,14-15,24H,12-13,16-19H2,1H3;3*(H,6,7). The van der Waals surface area contributed by atoms with E-state index in [0.29, 0.717) is 26.2 Å². The van der Waals surface area contributed by atoms with Crippen molar-refractivity contribution in [2.75, 3.05) is 26.2 Å². The van der Waals surface area contributed by atoms with E-state index in [4.69, 9.17) is 34.4 Å². The van der Waals surface area contributed by atoms with Gasteiger partial charge >= 0.3 is 36.4 Å². The van der Waals surface area contributed by atoms with Crippen molar-refractivity contribution in [1.82, 2.24) is 19.8 Å². The van der Waals surface area contributed by atoms with E-state index < -0.39 is 42.0 Å². The number of halogens is 9.